The van der Waals surface area contributed by atoms with Crippen LogP contribution in [-0.4, -0.2) is 30.3 Å². The Morgan fingerprint density at radius 2 is 2.00 bits per heavy atom. The Kier molecular flexibility index (Phi) is 3.30. The van der Waals surface area contributed by atoms with Gasteiger partial charge >= 0.3 is 0 Å². The first-order valence-electron chi connectivity index (χ1n) is 6.77. The van der Waals surface area contributed by atoms with E-state index < -0.39 is 0 Å². The number of aromatic nitrogens is 1. The van der Waals surface area contributed by atoms with Gasteiger partial charge in [-0.3, -0.25) is 0 Å². The lowest BCUT2D eigenvalue weighted by molar-refractivity contribution is -0.00523. The van der Waals surface area contributed by atoms with E-state index >= 15 is 0 Å². The van der Waals surface area contributed by atoms with Crippen molar-refractivity contribution in [2.45, 2.75) is 51.4 Å². The molecule has 2 aliphatic rings. The second kappa shape index (κ2) is 4.79. The molecule has 1 aromatic heterocycles. The molecule has 0 radical (unpaired) electrons. The van der Waals surface area contributed by atoms with Gasteiger partial charge in [-0.05, 0) is 26.7 Å². The Labute approximate surface area is 112 Å². The maximum Gasteiger partial charge on any atom is 0.186 e. The zero-order valence-corrected chi connectivity index (χ0v) is 11.9. The minimum atomic E-state index is 0.281. The zero-order valence-electron chi connectivity index (χ0n) is 11.1. The molecule has 3 rings (SSSR count). The highest BCUT2D eigenvalue weighted by atomic mass is 32.1. The molecular weight excluding hydrogens is 246 g/mol. The van der Waals surface area contributed by atoms with Gasteiger partial charge in [-0.1, -0.05) is 0 Å². The highest BCUT2D eigenvalue weighted by molar-refractivity contribution is 7.15. The van der Waals surface area contributed by atoms with Crippen LogP contribution in [-0.2, 0) is 11.3 Å². The molecule has 2 unspecified atom stereocenters. The molecular formula is C13H21N3OS. The van der Waals surface area contributed by atoms with Crippen molar-refractivity contribution in [1.82, 2.24) is 4.98 Å². The summed E-state index contributed by atoms with van der Waals surface area (Å²) >= 11 is 1.77. The van der Waals surface area contributed by atoms with Gasteiger partial charge < -0.3 is 15.4 Å². The van der Waals surface area contributed by atoms with Crippen LogP contribution < -0.4 is 10.6 Å². The number of morpholine rings is 1. The van der Waals surface area contributed by atoms with E-state index in [2.05, 4.69) is 18.7 Å². The fourth-order valence-corrected chi connectivity index (χ4v) is 3.68. The van der Waals surface area contributed by atoms with Crippen molar-refractivity contribution in [3.63, 3.8) is 0 Å². The van der Waals surface area contributed by atoms with E-state index in [1.54, 1.807) is 11.3 Å². The number of nitrogens with zero attached hydrogens (tertiary/aromatic N) is 2. The molecule has 18 heavy (non-hydrogen) atoms. The summed E-state index contributed by atoms with van der Waals surface area (Å²) in [6, 6.07) is 0. The van der Waals surface area contributed by atoms with Crippen LogP contribution in [0.5, 0.6) is 0 Å². The Balaban J connectivity index is 1.82. The fourth-order valence-electron chi connectivity index (χ4n) is 2.64. The lowest BCUT2D eigenvalue weighted by Gasteiger charge is -2.35. The Morgan fingerprint density at radius 1 is 1.33 bits per heavy atom. The van der Waals surface area contributed by atoms with E-state index in [4.69, 9.17) is 15.5 Å². The maximum atomic E-state index is 5.84. The number of hydrogen-bond donors (Lipinski definition) is 1. The van der Waals surface area contributed by atoms with Gasteiger partial charge in [0, 0.05) is 30.4 Å². The predicted molar refractivity (Wildman–Crippen MR) is 74.2 cm³/mol. The Bertz CT molecular complexity index is 420. The summed E-state index contributed by atoms with van der Waals surface area (Å²) in [5, 5.41) is 1.14. The second-order valence-electron chi connectivity index (χ2n) is 5.45. The molecule has 1 aliphatic carbocycles. The smallest absolute Gasteiger partial charge is 0.186 e. The van der Waals surface area contributed by atoms with Crippen molar-refractivity contribution >= 4 is 16.5 Å². The lowest BCUT2D eigenvalue weighted by Crippen LogP contribution is -2.45. The van der Waals surface area contributed by atoms with Crippen LogP contribution in [0.4, 0.5) is 5.13 Å². The number of ether oxygens (including phenoxy) is 1. The van der Waals surface area contributed by atoms with Crippen molar-refractivity contribution in [3.8, 4) is 0 Å². The van der Waals surface area contributed by atoms with E-state index in [1.807, 2.05) is 0 Å². The van der Waals surface area contributed by atoms with Gasteiger partial charge in [-0.25, -0.2) is 4.98 Å². The molecule has 1 aromatic rings. The van der Waals surface area contributed by atoms with Crippen LogP contribution in [0.25, 0.3) is 0 Å². The number of hydrogen-bond acceptors (Lipinski definition) is 5. The summed E-state index contributed by atoms with van der Waals surface area (Å²) in [4.78, 5) is 8.48. The topological polar surface area (TPSA) is 51.4 Å². The number of nitrogens with two attached hydrogens (primary N) is 1. The number of anilines is 1. The molecule has 100 valence electrons. The van der Waals surface area contributed by atoms with Crippen molar-refractivity contribution in [3.05, 3.63) is 10.6 Å². The third-order valence-electron chi connectivity index (χ3n) is 3.56. The van der Waals surface area contributed by atoms with Crippen molar-refractivity contribution in [2.24, 2.45) is 5.73 Å². The first kappa shape index (κ1) is 12.4. The van der Waals surface area contributed by atoms with Gasteiger partial charge in [-0.15, -0.1) is 11.3 Å². The fraction of sp³-hybridized carbons (Fsp3) is 0.769. The van der Waals surface area contributed by atoms with Crippen LogP contribution in [0.2, 0.25) is 0 Å². The molecule has 2 atom stereocenters. The van der Waals surface area contributed by atoms with E-state index in [-0.39, 0.29) is 12.2 Å². The van der Waals surface area contributed by atoms with Crippen molar-refractivity contribution < 1.29 is 4.74 Å². The van der Waals surface area contributed by atoms with E-state index in [1.165, 1.54) is 23.4 Å². The molecule has 0 aromatic carbocycles. The minimum Gasteiger partial charge on any atom is -0.372 e. The third-order valence-corrected chi connectivity index (χ3v) is 4.71. The van der Waals surface area contributed by atoms with Crippen LogP contribution in [0.3, 0.4) is 0 Å². The predicted octanol–water partition coefficient (Wildman–Crippen LogP) is 2.09. The molecule has 2 heterocycles. The van der Waals surface area contributed by atoms with Crippen LogP contribution in [0, 0.1) is 0 Å². The number of thiazole rings is 1. The van der Waals surface area contributed by atoms with Crippen LogP contribution in [0.1, 0.15) is 43.2 Å². The minimum absolute atomic E-state index is 0.281. The average Bonchev–Trinajstić information content (AvgIpc) is 3.07. The monoisotopic (exact) mass is 267 g/mol. The summed E-state index contributed by atoms with van der Waals surface area (Å²) in [5.74, 6) is 0.685. The zero-order chi connectivity index (χ0) is 12.7. The van der Waals surface area contributed by atoms with E-state index in [0.29, 0.717) is 12.5 Å². The first-order chi connectivity index (χ1) is 8.67. The molecule has 2 fully saturated rings. The lowest BCUT2D eigenvalue weighted by atomic mass is 10.2. The van der Waals surface area contributed by atoms with E-state index in [9.17, 15) is 0 Å². The largest absolute Gasteiger partial charge is 0.372 e. The first-order valence-corrected chi connectivity index (χ1v) is 7.59. The Hall–Kier alpha value is -0.650. The molecule has 5 heteroatoms. The maximum absolute atomic E-state index is 5.84. The molecule has 1 saturated carbocycles. The molecule has 1 aliphatic heterocycles. The normalized spacial score (nSPS) is 28.7. The van der Waals surface area contributed by atoms with Crippen LogP contribution >= 0.6 is 11.3 Å². The van der Waals surface area contributed by atoms with Gasteiger partial charge in [0.25, 0.3) is 0 Å². The summed E-state index contributed by atoms with van der Waals surface area (Å²) in [6.45, 7) is 6.75. The van der Waals surface area contributed by atoms with E-state index in [0.717, 1.165) is 18.2 Å². The van der Waals surface area contributed by atoms with Gasteiger partial charge in [0.05, 0.1) is 17.9 Å². The second-order valence-corrected chi connectivity index (χ2v) is 6.51. The quantitative estimate of drug-likeness (QED) is 0.911. The van der Waals surface area contributed by atoms with Crippen molar-refractivity contribution in [1.29, 1.82) is 0 Å². The van der Waals surface area contributed by atoms with Crippen LogP contribution in [0.15, 0.2) is 0 Å². The van der Waals surface area contributed by atoms with Gasteiger partial charge in [-0.2, -0.15) is 0 Å². The molecule has 0 bridgehead atoms. The summed E-state index contributed by atoms with van der Waals surface area (Å²) in [6.07, 6.45) is 3.13. The third kappa shape index (κ3) is 2.39. The summed E-state index contributed by atoms with van der Waals surface area (Å²) < 4.78 is 5.77. The van der Waals surface area contributed by atoms with Gasteiger partial charge in [0.1, 0.15) is 0 Å². The molecule has 1 saturated heterocycles. The average molecular weight is 267 g/mol. The Morgan fingerprint density at radius 3 is 2.56 bits per heavy atom. The molecule has 4 nitrogen and oxygen atoms in total. The molecule has 0 spiro atoms. The van der Waals surface area contributed by atoms with Gasteiger partial charge in [0.2, 0.25) is 0 Å². The standard InChI is InChI=1S/C13H21N3OS/c1-8-6-16(7-9(2)17-8)13-15-12(10-3-4-10)11(5-14)18-13/h8-10H,3-7,14H2,1-2H3. The summed E-state index contributed by atoms with van der Waals surface area (Å²) in [5.41, 5.74) is 7.11. The SMILES string of the molecule is CC1CN(c2nc(C3CC3)c(CN)s2)CC(C)O1. The highest BCUT2D eigenvalue weighted by Gasteiger charge is 2.31. The molecule has 2 N–H and O–H groups in total. The highest BCUT2D eigenvalue weighted by Crippen LogP contribution is 2.44. The van der Waals surface area contributed by atoms with Crippen molar-refractivity contribution in [2.75, 3.05) is 18.0 Å². The van der Waals surface area contributed by atoms with Gasteiger partial charge in [0.15, 0.2) is 5.13 Å². The molecule has 0 amide bonds. The summed E-state index contributed by atoms with van der Waals surface area (Å²) in [7, 11) is 0. The number of rotatable bonds is 3.